The van der Waals surface area contributed by atoms with Crippen LogP contribution in [0.5, 0.6) is 5.75 Å². The number of hydrogen-bond acceptors (Lipinski definition) is 5. The molecule has 0 heterocycles. The van der Waals surface area contributed by atoms with Crippen molar-refractivity contribution in [1.29, 1.82) is 0 Å². The highest BCUT2D eigenvalue weighted by molar-refractivity contribution is 6.06. The van der Waals surface area contributed by atoms with Crippen molar-refractivity contribution in [3.8, 4) is 5.75 Å². The first-order chi connectivity index (χ1) is 13.8. The number of non-ortho nitro benzene ring substituents is 1. The average molecular weight is 399 g/mol. The van der Waals surface area contributed by atoms with Crippen LogP contribution in [0.4, 0.5) is 11.4 Å². The van der Waals surface area contributed by atoms with E-state index < -0.39 is 4.92 Å². The Morgan fingerprint density at radius 2 is 1.86 bits per heavy atom. The van der Waals surface area contributed by atoms with Gasteiger partial charge in [0.25, 0.3) is 11.6 Å². The third kappa shape index (κ3) is 6.03. The van der Waals surface area contributed by atoms with Crippen LogP contribution in [0.1, 0.15) is 42.3 Å². The van der Waals surface area contributed by atoms with Crippen LogP contribution in [0.3, 0.4) is 0 Å². The first-order valence-corrected chi connectivity index (χ1v) is 9.44. The van der Waals surface area contributed by atoms with E-state index >= 15 is 0 Å². The zero-order chi connectivity index (χ0) is 21.4. The van der Waals surface area contributed by atoms with E-state index in [0.717, 1.165) is 12.0 Å². The molecule has 154 valence electrons. The largest absolute Gasteiger partial charge is 0.491 e. The minimum absolute atomic E-state index is 0.0187. The number of nitrogens with zero attached hydrogens (tertiary/aromatic N) is 1. The van der Waals surface area contributed by atoms with Crippen LogP contribution < -0.4 is 15.4 Å². The number of nitrogens with one attached hydrogen (secondary N) is 2. The molecule has 0 saturated heterocycles. The molecule has 0 bridgehead atoms. The number of nitro benzene ring substituents is 1. The minimum atomic E-state index is -0.462. The van der Waals surface area contributed by atoms with Gasteiger partial charge < -0.3 is 15.4 Å². The van der Waals surface area contributed by atoms with Crippen molar-refractivity contribution in [2.24, 2.45) is 0 Å². The normalized spacial score (nSPS) is 10.3. The van der Waals surface area contributed by atoms with Crippen molar-refractivity contribution in [3.63, 3.8) is 0 Å². The first kappa shape index (κ1) is 21.9. The Kier molecular flexibility index (Phi) is 7.70. The van der Waals surface area contributed by atoms with Gasteiger partial charge in [-0.1, -0.05) is 19.9 Å². The maximum Gasteiger partial charge on any atom is 0.269 e. The number of amides is 2. The summed E-state index contributed by atoms with van der Waals surface area (Å²) in [4.78, 5) is 34.4. The monoisotopic (exact) mass is 399 g/mol. The van der Waals surface area contributed by atoms with E-state index in [9.17, 15) is 19.7 Å². The molecule has 29 heavy (non-hydrogen) atoms. The molecule has 0 spiro atoms. The summed E-state index contributed by atoms with van der Waals surface area (Å²) in [5, 5.41) is 16.5. The third-order valence-electron chi connectivity index (χ3n) is 4.36. The molecule has 0 aliphatic rings. The fourth-order valence-electron chi connectivity index (χ4n) is 2.79. The van der Waals surface area contributed by atoms with Crippen LogP contribution in [0.2, 0.25) is 0 Å². The second-order valence-corrected chi connectivity index (χ2v) is 6.42. The third-order valence-corrected chi connectivity index (χ3v) is 4.36. The molecule has 2 amide bonds. The molecule has 0 aliphatic carbocycles. The van der Waals surface area contributed by atoms with Gasteiger partial charge in [0.1, 0.15) is 12.4 Å². The SMILES string of the molecule is CCc1ccc(OCCNC(C)=O)c(C(=O)Nc2ccc([N+](=O)[O-])cc2CC)c1. The molecule has 0 atom stereocenters. The Balaban J connectivity index is 2.24. The van der Waals surface area contributed by atoms with E-state index in [-0.39, 0.29) is 24.1 Å². The molecule has 2 rings (SSSR count). The quantitative estimate of drug-likeness (QED) is 0.381. The van der Waals surface area contributed by atoms with Crippen molar-refractivity contribution in [2.75, 3.05) is 18.5 Å². The lowest BCUT2D eigenvalue weighted by Crippen LogP contribution is -2.26. The van der Waals surface area contributed by atoms with E-state index in [1.54, 1.807) is 12.1 Å². The summed E-state index contributed by atoms with van der Waals surface area (Å²) in [5.74, 6) is -0.110. The molecule has 0 saturated carbocycles. The number of carbonyl (C=O) groups excluding carboxylic acids is 2. The highest BCUT2D eigenvalue weighted by Gasteiger charge is 2.17. The standard InChI is InChI=1S/C21H25N3O5/c1-4-15-6-9-20(29-11-10-22-14(3)25)18(12-15)21(26)23-19-8-7-17(24(27)28)13-16(19)5-2/h6-9,12-13H,4-5,10-11H2,1-3H3,(H,22,25)(H,23,26). The van der Waals surface area contributed by atoms with E-state index in [2.05, 4.69) is 10.6 Å². The Labute approximate surface area is 169 Å². The van der Waals surface area contributed by atoms with E-state index in [4.69, 9.17) is 4.74 Å². The molecule has 0 radical (unpaired) electrons. The molecular formula is C21H25N3O5. The maximum atomic E-state index is 12.9. The topological polar surface area (TPSA) is 111 Å². The summed E-state index contributed by atoms with van der Waals surface area (Å²) >= 11 is 0. The van der Waals surface area contributed by atoms with Crippen LogP contribution >= 0.6 is 0 Å². The molecule has 8 nitrogen and oxygen atoms in total. The molecule has 0 aliphatic heterocycles. The first-order valence-electron chi connectivity index (χ1n) is 9.44. The molecule has 0 fully saturated rings. The lowest BCUT2D eigenvalue weighted by atomic mass is 10.1. The lowest BCUT2D eigenvalue weighted by molar-refractivity contribution is -0.384. The van der Waals surface area contributed by atoms with Gasteiger partial charge in [-0.15, -0.1) is 0 Å². The molecule has 0 aromatic heterocycles. The van der Waals surface area contributed by atoms with Crippen LogP contribution in [0, 0.1) is 10.1 Å². The van der Waals surface area contributed by atoms with Crippen molar-refractivity contribution in [3.05, 3.63) is 63.2 Å². The Morgan fingerprint density at radius 1 is 1.10 bits per heavy atom. The fourth-order valence-corrected chi connectivity index (χ4v) is 2.79. The van der Waals surface area contributed by atoms with Gasteiger partial charge in [-0.2, -0.15) is 0 Å². The van der Waals surface area contributed by atoms with Crippen LogP contribution in [0.25, 0.3) is 0 Å². The van der Waals surface area contributed by atoms with E-state index in [0.29, 0.717) is 35.5 Å². The summed E-state index contributed by atoms with van der Waals surface area (Å²) in [6.45, 7) is 5.82. The maximum absolute atomic E-state index is 12.9. The van der Waals surface area contributed by atoms with Gasteiger partial charge in [-0.3, -0.25) is 19.7 Å². The predicted molar refractivity (Wildman–Crippen MR) is 110 cm³/mol. The minimum Gasteiger partial charge on any atom is -0.491 e. The summed E-state index contributed by atoms with van der Waals surface area (Å²) in [7, 11) is 0. The van der Waals surface area contributed by atoms with Gasteiger partial charge in [0, 0.05) is 24.7 Å². The Bertz CT molecular complexity index is 911. The number of anilines is 1. The molecule has 2 aromatic carbocycles. The molecule has 2 aromatic rings. The molecule has 2 N–H and O–H groups in total. The zero-order valence-electron chi connectivity index (χ0n) is 16.8. The van der Waals surface area contributed by atoms with Gasteiger partial charge in [0.15, 0.2) is 0 Å². The fraction of sp³-hybridized carbons (Fsp3) is 0.333. The predicted octanol–water partition coefficient (Wildman–Crippen LogP) is 3.49. The van der Waals surface area contributed by atoms with Gasteiger partial charge in [-0.05, 0) is 42.2 Å². The highest BCUT2D eigenvalue weighted by atomic mass is 16.6. The van der Waals surface area contributed by atoms with Gasteiger partial charge in [-0.25, -0.2) is 0 Å². The number of hydrogen-bond donors (Lipinski definition) is 2. The number of carbonyl (C=O) groups is 2. The van der Waals surface area contributed by atoms with Crippen LogP contribution in [0.15, 0.2) is 36.4 Å². The Hall–Kier alpha value is -3.42. The van der Waals surface area contributed by atoms with Crippen molar-refractivity contribution in [1.82, 2.24) is 5.32 Å². The Morgan fingerprint density at radius 3 is 2.48 bits per heavy atom. The highest BCUT2D eigenvalue weighted by Crippen LogP contribution is 2.26. The van der Waals surface area contributed by atoms with E-state index in [1.165, 1.54) is 25.1 Å². The molecule has 8 heteroatoms. The number of benzene rings is 2. The van der Waals surface area contributed by atoms with Gasteiger partial charge in [0.2, 0.25) is 5.91 Å². The number of nitro groups is 1. The summed E-state index contributed by atoms with van der Waals surface area (Å²) < 4.78 is 5.69. The van der Waals surface area contributed by atoms with Crippen LogP contribution in [-0.4, -0.2) is 29.9 Å². The van der Waals surface area contributed by atoms with Crippen LogP contribution in [-0.2, 0) is 17.6 Å². The van der Waals surface area contributed by atoms with Crippen molar-refractivity contribution >= 4 is 23.2 Å². The summed E-state index contributed by atoms with van der Waals surface area (Å²) in [6.07, 6.45) is 1.29. The number of ether oxygens (including phenoxy) is 1. The summed E-state index contributed by atoms with van der Waals surface area (Å²) in [5.41, 5.74) is 2.52. The molecule has 0 unspecified atom stereocenters. The van der Waals surface area contributed by atoms with E-state index in [1.807, 2.05) is 19.9 Å². The van der Waals surface area contributed by atoms with Crippen molar-refractivity contribution < 1.29 is 19.2 Å². The average Bonchev–Trinajstić information content (AvgIpc) is 2.71. The van der Waals surface area contributed by atoms with Gasteiger partial charge in [0.05, 0.1) is 17.0 Å². The number of rotatable bonds is 9. The lowest BCUT2D eigenvalue weighted by Gasteiger charge is -2.15. The van der Waals surface area contributed by atoms with Crippen molar-refractivity contribution in [2.45, 2.75) is 33.6 Å². The summed E-state index contributed by atoms with van der Waals surface area (Å²) in [6, 6.07) is 9.74. The zero-order valence-corrected chi connectivity index (χ0v) is 16.8. The number of aryl methyl sites for hydroxylation is 2. The molecular weight excluding hydrogens is 374 g/mol. The second-order valence-electron chi connectivity index (χ2n) is 6.42. The second kappa shape index (κ2) is 10.2. The smallest absolute Gasteiger partial charge is 0.269 e. The van der Waals surface area contributed by atoms with Gasteiger partial charge >= 0.3 is 0 Å².